The van der Waals surface area contributed by atoms with Crippen LogP contribution in [-0.4, -0.2) is 19.0 Å². The molecule has 0 aliphatic rings. The third-order valence-electron chi connectivity index (χ3n) is 3.22. The standard InChI is InChI=1S/C16H26FN3.HI/c1-4-5-6-7-13(2)20-16(18-3)19-12-14-8-10-15(17)11-9-14;/h8-11,13H,4-7,12H2,1-3H3,(H2,18,19,20);1H. The van der Waals surface area contributed by atoms with Crippen molar-refractivity contribution in [3.8, 4) is 0 Å². The lowest BCUT2D eigenvalue weighted by atomic mass is 10.1. The largest absolute Gasteiger partial charge is 0.354 e. The van der Waals surface area contributed by atoms with E-state index in [0.29, 0.717) is 12.6 Å². The van der Waals surface area contributed by atoms with Gasteiger partial charge in [0, 0.05) is 19.6 Å². The second-order valence-corrected chi connectivity index (χ2v) is 5.09. The van der Waals surface area contributed by atoms with Crippen molar-refractivity contribution in [2.75, 3.05) is 7.05 Å². The first-order valence-corrected chi connectivity index (χ1v) is 7.37. The number of hydrogen-bond donors (Lipinski definition) is 2. The van der Waals surface area contributed by atoms with Gasteiger partial charge in [-0.2, -0.15) is 0 Å². The Morgan fingerprint density at radius 2 is 1.90 bits per heavy atom. The Hall–Kier alpha value is -0.850. The highest BCUT2D eigenvalue weighted by Gasteiger charge is 2.04. The number of nitrogens with one attached hydrogen (secondary N) is 2. The van der Waals surface area contributed by atoms with Crippen LogP contribution in [0.2, 0.25) is 0 Å². The second kappa shape index (κ2) is 11.8. The van der Waals surface area contributed by atoms with Gasteiger partial charge in [0.15, 0.2) is 5.96 Å². The van der Waals surface area contributed by atoms with Crippen molar-refractivity contribution < 1.29 is 4.39 Å². The fourth-order valence-electron chi connectivity index (χ4n) is 1.99. The van der Waals surface area contributed by atoms with Gasteiger partial charge in [-0.05, 0) is 31.0 Å². The molecule has 0 saturated heterocycles. The molecule has 120 valence electrons. The van der Waals surface area contributed by atoms with Crippen LogP contribution in [-0.2, 0) is 6.54 Å². The van der Waals surface area contributed by atoms with E-state index in [2.05, 4.69) is 29.5 Å². The van der Waals surface area contributed by atoms with Crippen LogP contribution >= 0.6 is 24.0 Å². The summed E-state index contributed by atoms with van der Waals surface area (Å²) in [5.41, 5.74) is 1.04. The fourth-order valence-corrected chi connectivity index (χ4v) is 1.99. The minimum atomic E-state index is -0.208. The number of rotatable bonds is 7. The molecule has 0 spiro atoms. The van der Waals surface area contributed by atoms with Crippen molar-refractivity contribution in [3.63, 3.8) is 0 Å². The van der Waals surface area contributed by atoms with Crippen LogP contribution in [0.5, 0.6) is 0 Å². The maximum Gasteiger partial charge on any atom is 0.191 e. The van der Waals surface area contributed by atoms with Crippen LogP contribution in [0.15, 0.2) is 29.3 Å². The molecule has 1 atom stereocenters. The SMILES string of the molecule is CCCCCC(C)NC(=NC)NCc1ccc(F)cc1.I. The number of aliphatic imine (C=N–C) groups is 1. The molecule has 1 unspecified atom stereocenters. The van der Waals surface area contributed by atoms with E-state index >= 15 is 0 Å². The molecule has 1 aromatic rings. The average molecular weight is 407 g/mol. The molecular formula is C16H27FIN3. The highest BCUT2D eigenvalue weighted by atomic mass is 127. The van der Waals surface area contributed by atoms with Crippen molar-refractivity contribution in [1.29, 1.82) is 0 Å². The third-order valence-corrected chi connectivity index (χ3v) is 3.22. The van der Waals surface area contributed by atoms with Gasteiger partial charge in [-0.15, -0.1) is 24.0 Å². The molecule has 0 heterocycles. The summed E-state index contributed by atoms with van der Waals surface area (Å²) in [5, 5.41) is 6.61. The molecule has 21 heavy (non-hydrogen) atoms. The van der Waals surface area contributed by atoms with E-state index in [1.54, 1.807) is 19.2 Å². The summed E-state index contributed by atoms with van der Waals surface area (Å²) in [4.78, 5) is 4.21. The Bertz CT molecular complexity index is 406. The summed E-state index contributed by atoms with van der Waals surface area (Å²) >= 11 is 0. The Balaban J connectivity index is 0.00000400. The average Bonchev–Trinajstić information content (AvgIpc) is 2.45. The maximum absolute atomic E-state index is 12.8. The Morgan fingerprint density at radius 3 is 2.48 bits per heavy atom. The summed E-state index contributed by atoms with van der Waals surface area (Å²) in [7, 11) is 1.76. The summed E-state index contributed by atoms with van der Waals surface area (Å²) in [6.45, 7) is 5.02. The van der Waals surface area contributed by atoms with Gasteiger partial charge in [0.1, 0.15) is 5.82 Å². The van der Waals surface area contributed by atoms with E-state index < -0.39 is 0 Å². The lowest BCUT2D eigenvalue weighted by Gasteiger charge is -2.17. The van der Waals surface area contributed by atoms with Gasteiger partial charge in [-0.1, -0.05) is 38.3 Å². The molecule has 0 fully saturated rings. The summed E-state index contributed by atoms with van der Waals surface area (Å²) in [6.07, 6.45) is 4.89. The first-order chi connectivity index (χ1) is 9.65. The monoisotopic (exact) mass is 407 g/mol. The van der Waals surface area contributed by atoms with Gasteiger partial charge >= 0.3 is 0 Å². The number of guanidine groups is 1. The topological polar surface area (TPSA) is 36.4 Å². The molecule has 5 heteroatoms. The molecular weight excluding hydrogens is 380 g/mol. The Morgan fingerprint density at radius 1 is 1.24 bits per heavy atom. The zero-order chi connectivity index (χ0) is 14.8. The van der Waals surface area contributed by atoms with Crippen molar-refractivity contribution in [2.45, 2.75) is 52.1 Å². The van der Waals surface area contributed by atoms with Crippen LogP contribution < -0.4 is 10.6 Å². The molecule has 0 radical (unpaired) electrons. The van der Waals surface area contributed by atoms with E-state index in [1.165, 1.54) is 31.4 Å². The number of hydrogen-bond acceptors (Lipinski definition) is 1. The number of halogens is 2. The summed E-state index contributed by atoms with van der Waals surface area (Å²) in [6, 6.07) is 6.91. The Labute approximate surface area is 144 Å². The highest BCUT2D eigenvalue weighted by Crippen LogP contribution is 2.04. The predicted molar refractivity (Wildman–Crippen MR) is 98.8 cm³/mol. The van der Waals surface area contributed by atoms with Gasteiger partial charge in [0.2, 0.25) is 0 Å². The normalized spacial score (nSPS) is 12.5. The lowest BCUT2D eigenvalue weighted by molar-refractivity contribution is 0.546. The van der Waals surface area contributed by atoms with Crippen LogP contribution in [0, 0.1) is 5.82 Å². The predicted octanol–water partition coefficient (Wildman–Crippen LogP) is 4.08. The highest BCUT2D eigenvalue weighted by molar-refractivity contribution is 14.0. The quantitative estimate of drug-likeness (QED) is 0.309. The van der Waals surface area contributed by atoms with E-state index in [1.807, 2.05) is 0 Å². The van der Waals surface area contributed by atoms with E-state index in [4.69, 9.17) is 0 Å². The van der Waals surface area contributed by atoms with E-state index in [0.717, 1.165) is 17.9 Å². The van der Waals surface area contributed by atoms with E-state index in [9.17, 15) is 4.39 Å². The van der Waals surface area contributed by atoms with Crippen molar-refractivity contribution in [1.82, 2.24) is 10.6 Å². The van der Waals surface area contributed by atoms with Gasteiger partial charge < -0.3 is 10.6 Å². The molecule has 0 aromatic heterocycles. The molecule has 0 amide bonds. The minimum Gasteiger partial charge on any atom is -0.354 e. The van der Waals surface area contributed by atoms with Crippen LogP contribution in [0.1, 0.15) is 45.1 Å². The molecule has 3 nitrogen and oxygen atoms in total. The maximum atomic E-state index is 12.8. The number of unbranched alkanes of at least 4 members (excludes halogenated alkanes) is 2. The van der Waals surface area contributed by atoms with Crippen molar-refractivity contribution in [3.05, 3.63) is 35.6 Å². The van der Waals surface area contributed by atoms with Crippen LogP contribution in [0.25, 0.3) is 0 Å². The molecule has 0 aliphatic carbocycles. The molecule has 1 rings (SSSR count). The minimum absolute atomic E-state index is 0. The molecule has 0 aliphatic heterocycles. The second-order valence-electron chi connectivity index (χ2n) is 5.09. The summed E-state index contributed by atoms with van der Waals surface area (Å²) < 4.78 is 12.8. The van der Waals surface area contributed by atoms with Gasteiger partial charge in [0.25, 0.3) is 0 Å². The Kier molecular flexibility index (Phi) is 11.3. The van der Waals surface area contributed by atoms with E-state index in [-0.39, 0.29) is 29.8 Å². The molecule has 1 aromatic carbocycles. The van der Waals surface area contributed by atoms with Crippen LogP contribution in [0.4, 0.5) is 4.39 Å². The number of nitrogens with zero attached hydrogens (tertiary/aromatic N) is 1. The first kappa shape index (κ1) is 20.1. The molecule has 0 bridgehead atoms. The van der Waals surface area contributed by atoms with Crippen molar-refractivity contribution in [2.24, 2.45) is 4.99 Å². The lowest BCUT2D eigenvalue weighted by Crippen LogP contribution is -2.41. The smallest absolute Gasteiger partial charge is 0.191 e. The van der Waals surface area contributed by atoms with Gasteiger partial charge in [0.05, 0.1) is 0 Å². The zero-order valence-electron chi connectivity index (χ0n) is 13.2. The molecule has 2 N–H and O–H groups in total. The first-order valence-electron chi connectivity index (χ1n) is 7.37. The molecule has 0 saturated carbocycles. The van der Waals surface area contributed by atoms with Gasteiger partial charge in [-0.25, -0.2) is 4.39 Å². The third kappa shape index (κ3) is 8.90. The van der Waals surface area contributed by atoms with Crippen molar-refractivity contribution >= 4 is 29.9 Å². The fraction of sp³-hybridized carbons (Fsp3) is 0.562. The van der Waals surface area contributed by atoms with Gasteiger partial charge in [-0.3, -0.25) is 4.99 Å². The zero-order valence-corrected chi connectivity index (χ0v) is 15.5. The van der Waals surface area contributed by atoms with Crippen LogP contribution in [0.3, 0.4) is 0 Å². The number of benzene rings is 1. The summed E-state index contributed by atoms with van der Waals surface area (Å²) in [5.74, 6) is 0.583.